The first-order valence-electron chi connectivity index (χ1n) is 6.38. The van der Waals surface area contributed by atoms with Crippen LogP contribution >= 0.6 is 45.2 Å². The average Bonchev–Trinajstić information content (AvgIpc) is 2.32. The molecule has 0 bridgehead atoms. The van der Waals surface area contributed by atoms with Crippen LogP contribution in [-0.2, 0) is 1.43 Å². The summed E-state index contributed by atoms with van der Waals surface area (Å²) in [5, 5.41) is 19.5. The third-order valence-corrected chi connectivity index (χ3v) is 5.24. The fourth-order valence-corrected chi connectivity index (χ4v) is 3.54. The number of halogens is 2. The van der Waals surface area contributed by atoms with Crippen molar-refractivity contribution in [3.8, 4) is 11.5 Å². The van der Waals surface area contributed by atoms with E-state index in [0.29, 0.717) is 0 Å². The van der Waals surface area contributed by atoms with Crippen molar-refractivity contribution in [3.63, 3.8) is 0 Å². The van der Waals surface area contributed by atoms with Gasteiger partial charge in [0.1, 0.15) is 1.43 Å². The number of benzene rings is 1. The number of unbranched alkanes of at least 4 members (excludes halogenated alkanes) is 4. The molecule has 18 heavy (non-hydrogen) atoms. The van der Waals surface area contributed by atoms with Crippen LogP contribution in [0.15, 0.2) is 18.2 Å². The molecule has 0 aromatic heterocycles. The first-order chi connectivity index (χ1) is 8.49. The number of hydrogen-bond donors (Lipinski definition) is 2. The Hall–Kier alpha value is 0.280. The second-order valence-electron chi connectivity index (χ2n) is 4.54. The maximum absolute atomic E-state index is 9.91. The monoisotopic (exact) mass is 474 g/mol. The van der Waals surface area contributed by atoms with E-state index < -0.39 is 0 Å². The summed E-state index contributed by atoms with van der Waals surface area (Å²) in [4.78, 5) is 0. The van der Waals surface area contributed by atoms with Crippen LogP contribution in [0.3, 0.4) is 0 Å². The van der Waals surface area contributed by atoms with Crippen molar-refractivity contribution in [2.45, 2.75) is 46.9 Å². The predicted octanol–water partition coefficient (Wildman–Crippen LogP) is 5.48. The van der Waals surface area contributed by atoms with E-state index in [2.05, 4.69) is 52.1 Å². The molecule has 4 heteroatoms. The van der Waals surface area contributed by atoms with Crippen LogP contribution in [0.1, 0.15) is 51.0 Å². The molecule has 102 valence electrons. The Kier molecular flexibility index (Phi) is 7.05. The fraction of sp³-hybridized carbons (Fsp3) is 0.571. The van der Waals surface area contributed by atoms with Gasteiger partial charge in [-0.3, -0.25) is 0 Å². The van der Waals surface area contributed by atoms with Gasteiger partial charge in [-0.25, -0.2) is 0 Å². The maximum Gasteiger partial charge on any atom is 0.162 e. The number of alkyl halides is 2. The molecular weight excluding hydrogens is 454 g/mol. The topological polar surface area (TPSA) is 40.5 Å². The molecule has 0 aliphatic heterocycles. The molecule has 0 radical (unpaired) electrons. The zero-order valence-corrected chi connectivity index (χ0v) is 14.9. The summed E-state index contributed by atoms with van der Waals surface area (Å²) in [6.07, 6.45) is 7.24. The second-order valence-corrected chi connectivity index (χ2v) is 10.3. The normalized spacial score (nSPS) is 11.7. The van der Waals surface area contributed by atoms with Gasteiger partial charge in [-0.1, -0.05) is 96.3 Å². The van der Waals surface area contributed by atoms with E-state index in [1.807, 2.05) is 6.07 Å². The van der Waals surface area contributed by atoms with Crippen molar-refractivity contribution < 1.29 is 10.2 Å². The molecule has 0 aliphatic rings. The van der Waals surface area contributed by atoms with Gasteiger partial charge in [0.2, 0.25) is 0 Å². The highest BCUT2D eigenvalue weighted by molar-refractivity contribution is 14.2. The quantitative estimate of drug-likeness (QED) is 0.238. The van der Waals surface area contributed by atoms with E-state index in [0.717, 1.165) is 18.4 Å². The Balaban J connectivity index is 2.59. The van der Waals surface area contributed by atoms with Gasteiger partial charge in [0.05, 0.1) is 0 Å². The van der Waals surface area contributed by atoms with Gasteiger partial charge in [0.25, 0.3) is 0 Å². The molecule has 0 heterocycles. The Labute approximate surface area is 136 Å². The second kappa shape index (κ2) is 7.77. The summed E-state index contributed by atoms with van der Waals surface area (Å²) in [6, 6.07) is 5.19. The van der Waals surface area contributed by atoms with Crippen molar-refractivity contribution in [2.24, 2.45) is 0 Å². The highest BCUT2D eigenvalue weighted by Gasteiger charge is 2.28. The number of para-hydroxylation sites is 1. The van der Waals surface area contributed by atoms with E-state index in [1.54, 1.807) is 6.07 Å². The summed E-state index contributed by atoms with van der Waals surface area (Å²) < 4.78 is -0.148. The molecule has 0 spiro atoms. The molecule has 0 aliphatic carbocycles. The Morgan fingerprint density at radius 1 is 1.06 bits per heavy atom. The minimum Gasteiger partial charge on any atom is -0.504 e. The van der Waals surface area contributed by atoms with Crippen LogP contribution in [-0.4, -0.2) is 10.2 Å². The van der Waals surface area contributed by atoms with Crippen molar-refractivity contribution in [1.29, 1.82) is 0 Å². The van der Waals surface area contributed by atoms with Gasteiger partial charge in [-0.05, 0) is 12.5 Å². The number of phenolic OH excluding ortho intramolecular Hbond substituents is 2. The van der Waals surface area contributed by atoms with E-state index in [-0.39, 0.29) is 12.9 Å². The van der Waals surface area contributed by atoms with Gasteiger partial charge < -0.3 is 10.2 Å². The lowest BCUT2D eigenvalue weighted by Gasteiger charge is -2.22. The SMILES string of the molecule is CCCCCCCC(I)(I)c1cccc(O)c1O. The Morgan fingerprint density at radius 3 is 2.39 bits per heavy atom. The Bertz CT molecular complexity index is 378. The van der Waals surface area contributed by atoms with Crippen molar-refractivity contribution in [2.75, 3.05) is 0 Å². The highest BCUT2D eigenvalue weighted by Crippen LogP contribution is 2.49. The lowest BCUT2D eigenvalue weighted by atomic mass is 10.0. The van der Waals surface area contributed by atoms with Crippen molar-refractivity contribution in [1.82, 2.24) is 0 Å². The van der Waals surface area contributed by atoms with E-state index >= 15 is 0 Å². The zero-order valence-electron chi connectivity index (χ0n) is 10.6. The van der Waals surface area contributed by atoms with Gasteiger partial charge in [-0.15, -0.1) is 0 Å². The first kappa shape index (κ1) is 16.3. The Morgan fingerprint density at radius 2 is 1.72 bits per heavy atom. The number of hydrogen-bond acceptors (Lipinski definition) is 2. The number of rotatable bonds is 7. The van der Waals surface area contributed by atoms with Crippen LogP contribution in [0, 0.1) is 0 Å². The van der Waals surface area contributed by atoms with Gasteiger partial charge in [0.15, 0.2) is 11.5 Å². The summed E-state index contributed by atoms with van der Waals surface area (Å²) in [5.74, 6) is -0.00829. The number of aromatic hydroxyl groups is 2. The van der Waals surface area contributed by atoms with Crippen LogP contribution in [0.5, 0.6) is 11.5 Å². The third-order valence-electron chi connectivity index (χ3n) is 3.00. The van der Waals surface area contributed by atoms with E-state index in [9.17, 15) is 10.2 Å². The van der Waals surface area contributed by atoms with E-state index in [4.69, 9.17) is 0 Å². The van der Waals surface area contributed by atoms with Crippen LogP contribution in [0.4, 0.5) is 0 Å². The molecule has 1 rings (SSSR count). The molecule has 2 N–H and O–H groups in total. The van der Waals surface area contributed by atoms with Crippen LogP contribution < -0.4 is 0 Å². The standard InChI is InChI=1S/C14H20I2O2/c1-2-3-4-5-6-10-14(15,16)11-8-7-9-12(17)13(11)18/h7-9,17-18H,2-6,10H2,1H3. The van der Waals surface area contributed by atoms with Crippen molar-refractivity contribution in [3.05, 3.63) is 23.8 Å². The molecular formula is C14H20I2O2. The fourth-order valence-electron chi connectivity index (χ4n) is 1.91. The average molecular weight is 474 g/mol. The van der Waals surface area contributed by atoms with Crippen molar-refractivity contribution >= 4 is 45.2 Å². The third kappa shape index (κ3) is 4.75. The maximum atomic E-state index is 9.91. The molecule has 0 atom stereocenters. The summed E-state index contributed by atoms with van der Waals surface area (Å²) in [7, 11) is 0. The number of phenols is 2. The van der Waals surface area contributed by atoms with Gasteiger partial charge in [-0.2, -0.15) is 0 Å². The lowest BCUT2D eigenvalue weighted by Crippen LogP contribution is -2.08. The molecule has 0 fully saturated rings. The minimum atomic E-state index is -0.148. The largest absolute Gasteiger partial charge is 0.504 e. The molecule has 1 aromatic rings. The lowest BCUT2D eigenvalue weighted by molar-refractivity contribution is 0.398. The summed E-state index contributed by atoms with van der Waals surface area (Å²) in [6.45, 7) is 2.21. The predicted molar refractivity (Wildman–Crippen MR) is 92.9 cm³/mol. The minimum absolute atomic E-state index is 0.0230. The van der Waals surface area contributed by atoms with Gasteiger partial charge >= 0.3 is 0 Å². The smallest absolute Gasteiger partial charge is 0.162 e. The van der Waals surface area contributed by atoms with E-state index in [1.165, 1.54) is 31.7 Å². The molecule has 2 nitrogen and oxygen atoms in total. The summed E-state index contributed by atoms with van der Waals surface area (Å²) in [5.41, 5.74) is 0.819. The van der Waals surface area contributed by atoms with Gasteiger partial charge in [0, 0.05) is 5.56 Å². The van der Waals surface area contributed by atoms with Crippen LogP contribution in [0.2, 0.25) is 0 Å². The molecule has 0 saturated heterocycles. The molecule has 1 aromatic carbocycles. The van der Waals surface area contributed by atoms with Crippen LogP contribution in [0.25, 0.3) is 0 Å². The molecule has 0 unspecified atom stereocenters. The molecule has 0 amide bonds. The molecule has 0 saturated carbocycles. The zero-order chi connectivity index (χ0) is 13.6. The summed E-state index contributed by atoms with van der Waals surface area (Å²) >= 11 is 4.72. The first-order valence-corrected chi connectivity index (χ1v) is 8.54. The highest BCUT2D eigenvalue weighted by atomic mass is 127.